The number of anilines is 1. The molecular weight excluding hydrogens is 222 g/mol. The number of nitrogens with two attached hydrogens (primary N) is 1. The average Bonchev–Trinajstić information content (AvgIpc) is 2.21. The fourth-order valence-corrected chi connectivity index (χ4v) is 2.41. The van der Waals surface area contributed by atoms with E-state index in [4.69, 9.17) is 10.8 Å². The van der Waals surface area contributed by atoms with Crippen LogP contribution in [-0.2, 0) is 0 Å². The summed E-state index contributed by atoms with van der Waals surface area (Å²) in [7, 11) is 0. The first kappa shape index (κ1) is 13.1. The largest absolute Gasteiger partial charge is 0.398 e. The van der Waals surface area contributed by atoms with Gasteiger partial charge in [-0.05, 0) is 31.5 Å². The summed E-state index contributed by atoms with van der Waals surface area (Å²) in [4.78, 5) is 12.3. The molecular formula is C12H17NO2S. The summed E-state index contributed by atoms with van der Waals surface area (Å²) < 4.78 is 0. The Morgan fingerprint density at radius 1 is 1.56 bits per heavy atom. The number of ketones is 1. The Hall–Kier alpha value is -1.00. The molecule has 0 aliphatic carbocycles. The highest BCUT2D eigenvalue weighted by molar-refractivity contribution is 7.99. The lowest BCUT2D eigenvalue weighted by Gasteiger charge is -2.11. The van der Waals surface area contributed by atoms with Gasteiger partial charge < -0.3 is 10.8 Å². The van der Waals surface area contributed by atoms with Gasteiger partial charge in [0.05, 0.1) is 0 Å². The van der Waals surface area contributed by atoms with Gasteiger partial charge in [0.2, 0.25) is 0 Å². The van der Waals surface area contributed by atoms with Crippen molar-refractivity contribution >= 4 is 23.2 Å². The van der Waals surface area contributed by atoms with E-state index in [2.05, 4.69) is 0 Å². The minimum absolute atomic E-state index is 0.0187. The maximum absolute atomic E-state index is 11.3. The van der Waals surface area contributed by atoms with E-state index in [0.29, 0.717) is 16.5 Å². The second-order valence-corrected chi connectivity index (χ2v) is 5.26. The Balaban J connectivity index is 2.82. The molecule has 3 nitrogen and oxygen atoms in total. The summed E-state index contributed by atoms with van der Waals surface area (Å²) in [6.45, 7) is 3.74. The van der Waals surface area contributed by atoms with Gasteiger partial charge in [-0.15, -0.1) is 11.8 Å². The molecule has 1 aromatic rings. The quantitative estimate of drug-likeness (QED) is 0.470. The van der Waals surface area contributed by atoms with Gasteiger partial charge in [-0.2, -0.15) is 0 Å². The third kappa shape index (κ3) is 3.54. The SMILES string of the molecule is CC(=O)c1cc(SC(C)CCO)ccc1N. The number of carbonyl (C=O) groups excluding carboxylic acids is 1. The normalized spacial score (nSPS) is 12.4. The number of aliphatic hydroxyl groups excluding tert-OH is 1. The summed E-state index contributed by atoms with van der Waals surface area (Å²) >= 11 is 1.64. The average molecular weight is 239 g/mol. The van der Waals surface area contributed by atoms with Crippen LogP contribution in [0.3, 0.4) is 0 Å². The van der Waals surface area contributed by atoms with Gasteiger partial charge in [-0.1, -0.05) is 6.92 Å². The highest BCUT2D eigenvalue weighted by atomic mass is 32.2. The molecule has 3 N–H and O–H groups in total. The highest BCUT2D eigenvalue weighted by Gasteiger charge is 2.08. The van der Waals surface area contributed by atoms with Crippen LogP contribution in [0.15, 0.2) is 23.1 Å². The Morgan fingerprint density at radius 3 is 2.81 bits per heavy atom. The molecule has 0 aliphatic rings. The monoisotopic (exact) mass is 239 g/mol. The van der Waals surface area contributed by atoms with Crippen LogP contribution >= 0.6 is 11.8 Å². The predicted octanol–water partition coefficient (Wildman–Crippen LogP) is 2.33. The molecule has 0 amide bonds. The third-order valence-corrected chi connectivity index (χ3v) is 3.44. The minimum Gasteiger partial charge on any atom is -0.398 e. The second kappa shape index (κ2) is 5.92. The van der Waals surface area contributed by atoms with E-state index in [0.717, 1.165) is 11.3 Å². The topological polar surface area (TPSA) is 63.3 Å². The number of carbonyl (C=O) groups is 1. The number of thioether (sulfide) groups is 1. The van der Waals surface area contributed by atoms with Crippen LogP contribution in [0.25, 0.3) is 0 Å². The van der Waals surface area contributed by atoms with E-state index in [9.17, 15) is 4.79 Å². The van der Waals surface area contributed by atoms with Crippen molar-refractivity contribution in [1.82, 2.24) is 0 Å². The van der Waals surface area contributed by atoms with E-state index in [-0.39, 0.29) is 12.4 Å². The molecule has 16 heavy (non-hydrogen) atoms. The number of hydrogen-bond acceptors (Lipinski definition) is 4. The van der Waals surface area contributed by atoms with Crippen LogP contribution < -0.4 is 5.73 Å². The Labute approximate surface area is 100 Å². The van der Waals surface area contributed by atoms with Crippen molar-refractivity contribution < 1.29 is 9.90 Å². The zero-order chi connectivity index (χ0) is 12.1. The minimum atomic E-state index is -0.0187. The van der Waals surface area contributed by atoms with Gasteiger partial charge in [0.15, 0.2) is 5.78 Å². The summed E-state index contributed by atoms with van der Waals surface area (Å²) in [5, 5.41) is 9.14. The first-order chi connectivity index (χ1) is 7.54. The van der Waals surface area contributed by atoms with Gasteiger partial charge in [0.25, 0.3) is 0 Å². The number of rotatable bonds is 5. The molecule has 0 aliphatic heterocycles. The molecule has 88 valence electrons. The fraction of sp³-hybridized carbons (Fsp3) is 0.417. The molecule has 0 saturated heterocycles. The van der Waals surface area contributed by atoms with Crippen molar-refractivity contribution in [2.24, 2.45) is 0 Å². The second-order valence-electron chi connectivity index (χ2n) is 3.75. The smallest absolute Gasteiger partial charge is 0.161 e. The Kier molecular flexibility index (Phi) is 4.83. The molecule has 0 spiro atoms. The third-order valence-electron chi connectivity index (χ3n) is 2.28. The number of aliphatic hydroxyl groups is 1. The summed E-state index contributed by atoms with van der Waals surface area (Å²) in [6.07, 6.45) is 0.741. The van der Waals surface area contributed by atoms with Crippen molar-refractivity contribution in [3.8, 4) is 0 Å². The van der Waals surface area contributed by atoms with Crippen LogP contribution in [0, 0.1) is 0 Å². The van der Waals surface area contributed by atoms with Crippen LogP contribution in [0.4, 0.5) is 5.69 Å². The molecule has 1 rings (SSSR count). The van der Waals surface area contributed by atoms with Crippen molar-refractivity contribution in [2.75, 3.05) is 12.3 Å². The summed E-state index contributed by atoms with van der Waals surface area (Å²) in [5.74, 6) is -0.0187. The molecule has 0 radical (unpaired) electrons. The van der Waals surface area contributed by atoms with Gasteiger partial charge in [-0.25, -0.2) is 0 Å². The maximum atomic E-state index is 11.3. The summed E-state index contributed by atoms with van der Waals surface area (Å²) in [6, 6.07) is 5.47. The predicted molar refractivity (Wildman–Crippen MR) is 67.9 cm³/mol. The Bertz CT molecular complexity index is 379. The molecule has 0 saturated carbocycles. The van der Waals surface area contributed by atoms with Crippen LogP contribution in [0.1, 0.15) is 30.6 Å². The zero-order valence-corrected chi connectivity index (χ0v) is 10.4. The number of hydrogen-bond donors (Lipinski definition) is 2. The van der Waals surface area contributed by atoms with Crippen molar-refractivity contribution in [1.29, 1.82) is 0 Å². The molecule has 1 aromatic carbocycles. The molecule has 4 heteroatoms. The molecule has 0 bridgehead atoms. The van der Waals surface area contributed by atoms with E-state index >= 15 is 0 Å². The number of nitrogen functional groups attached to an aromatic ring is 1. The summed E-state index contributed by atoms with van der Waals surface area (Å²) in [5.41, 5.74) is 6.80. The van der Waals surface area contributed by atoms with E-state index in [1.165, 1.54) is 6.92 Å². The van der Waals surface area contributed by atoms with Crippen LogP contribution in [0.2, 0.25) is 0 Å². The molecule has 0 heterocycles. The van der Waals surface area contributed by atoms with E-state index < -0.39 is 0 Å². The van der Waals surface area contributed by atoms with Gasteiger partial charge in [0, 0.05) is 28.0 Å². The lowest BCUT2D eigenvalue weighted by Crippen LogP contribution is -2.02. The van der Waals surface area contributed by atoms with Gasteiger partial charge in [0.1, 0.15) is 0 Å². The molecule has 1 unspecified atom stereocenters. The standard InChI is InChI=1S/C12H17NO2S/c1-8(5-6-14)16-10-3-4-12(13)11(7-10)9(2)15/h3-4,7-8,14H,5-6,13H2,1-2H3. The van der Waals surface area contributed by atoms with Gasteiger partial charge in [-0.3, -0.25) is 4.79 Å². The van der Waals surface area contributed by atoms with Crippen molar-refractivity contribution in [3.63, 3.8) is 0 Å². The fourth-order valence-electron chi connectivity index (χ4n) is 1.39. The van der Waals surface area contributed by atoms with Crippen LogP contribution in [0.5, 0.6) is 0 Å². The van der Waals surface area contributed by atoms with E-state index in [1.54, 1.807) is 17.8 Å². The lowest BCUT2D eigenvalue weighted by molar-refractivity contribution is 0.101. The molecule has 1 atom stereocenters. The first-order valence-corrected chi connectivity index (χ1v) is 6.10. The zero-order valence-electron chi connectivity index (χ0n) is 9.56. The number of benzene rings is 1. The number of Topliss-reactive ketones (excluding diaryl/α,β-unsaturated/α-hetero) is 1. The van der Waals surface area contributed by atoms with Crippen molar-refractivity contribution in [3.05, 3.63) is 23.8 Å². The van der Waals surface area contributed by atoms with Crippen molar-refractivity contribution in [2.45, 2.75) is 30.4 Å². The van der Waals surface area contributed by atoms with Crippen LogP contribution in [-0.4, -0.2) is 22.7 Å². The lowest BCUT2D eigenvalue weighted by atomic mass is 10.1. The first-order valence-electron chi connectivity index (χ1n) is 5.22. The molecule has 0 aromatic heterocycles. The van der Waals surface area contributed by atoms with E-state index in [1.807, 2.05) is 19.1 Å². The molecule has 0 fully saturated rings. The highest BCUT2D eigenvalue weighted by Crippen LogP contribution is 2.28. The Morgan fingerprint density at radius 2 is 2.25 bits per heavy atom. The van der Waals surface area contributed by atoms with Gasteiger partial charge >= 0.3 is 0 Å². The maximum Gasteiger partial charge on any atom is 0.161 e.